The molecule has 0 saturated carbocycles. The number of anilines is 1. The Morgan fingerprint density at radius 3 is 3.00 bits per heavy atom. The molecule has 0 aliphatic carbocycles. The number of amides is 1. The number of β-amino-alcohol motifs (C(OH)–C–C–N with tert-alkyl or cyclic N) is 1. The maximum absolute atomic E-state index is 11.6. The van der Waals surface area contributed by atoms with Gasteiger partial charge in [-0.15, -0.1) is 0 Å². The standard InChI is InChI=1S/C11H12N2O4/c1-17-11(16)8-2-3-12-5-9(8)13-6-7(14)4-10(13)15/h2-3,5,7,14H,4,6H2,1H3. The lowest BCUT2D eigenvalue weighted by molar-refractivity contribution is -0.117. The van der Waals surface area contributed by atoms with E-state index in [1.807, 2.05) is 0 Å². The molecule has 1 aromatic heterocycles. The first kappa shape index (κ1) is 11.5. The minimum atomic E-state index is -0.701. The second kappa shape index (κ2) is 4.50. The van der Waals surface area contributed by atoms with Gasteiger partial charge in [-0.05, 0) is 6.07 Å². The molecule has 1 fully saturated rings. The SMILES string of the molecule is COC(=O)c1ccncc1N1CC(O)CC1=O. The molecular weight excluding hydrogens is 224 g/mol. The third-order valence-corrected chi connectivity index (χ3v) is 2.60. The van der Waals surface area contributed by atoms with Crippen molar-refractivity contribution in [2.24, 2.45) is 0 Å². The molecule has 17 heavy (non-hydrogen) atoms. The van der Waals surface area contributed by atoms with Crippen LogP contribution in [-0.4, -0.2) is 41.7 Å². The van der Waals surface area contributed by atoms with Crippen LogP contribution in [-0.2, 0) is 9.53 Å². The molecule has 6 nitrogen and oxygen atoms in total. The minimum absolute atomic E-state index is 0.0650. The van der Waals surface area contributed by atoms with E-state index in [1.54, 1.807) is 0 Å². The van der Waals surface area contributed by atoms with Gasteiger partial charge in [-0.2, -0.15) is 0 Å². The van der Waals surface area contributed by atoms with Gasteiger partial charge in [-0.3, -0.25) is 9.78 Å². The average molecular weight is 236 g/mol. The molecule has 1 aliphatic heterocycles. The fourth-order valence-corrected chi connectivity index (χ4v) is 1.81. The fourth-order valence-electron chi connectivity index (χ4n) is 1.81. The van der Waals surface area contributed by atoms with Gasteiger partial charge in [-0.25, -0.2) is 4.79 Å². The number of nitrogens with zero attached hydrogens (tertiary/aromatic N) is 2. The molecule has 0 bridgehead atoms. The number of methoxy groups -OCH3 is 1. The molecule has 1 amide bonds. The summed E-state index contributed by atoms with van der Waals surface area (Å²) in [6, 6.07) is 1.49. The Hall–Kier alpha value is -1.95. The van der Waals surface area contributed by atoms with E-state index < -0.39 is 12.1 Å². The molecule has 0 radical (unpaired) electrons. The number of carbonyl (C=O) groups excluding carboxylic acids is 2. The van der Waals surface area contributed by atoms with E-state index in [1.165, 1.54) is 30.5 Å². The molecule has 0 spiro atoms. The van der Waals surface area contributed by atoms with Gasteiger partial charge in [-0.1, -0.05) is 0 Å². The molecule has 2 heterocycles. The summed E-state index contributed by atoms with van der Waals surface area (Å²) in [7, 11) is 1.27. The Morgan fingerprint density at radius 1 is 1.65 bits per heavy atom. The summed E-state index contributed by atoms with van der Waals surface area (Å²) < 4.78 is 4.63. The van der Waals surface area contributed by atoms with Crippen LogP contribution in [0.25, 0.3) is 0 Å². The lowest BCUT2D eigenvalue weighted by atomic mass is 10.2. The highest BCUT2D eigenvalue weighted by Gasteiger charge is 2.31. The Morgan fingerprint density at radius 2 is 2.41 bits per heavy atom. The molecule has 1 unspecified atom stereocenters. The van der Waals surface area contributed by atoms with Crippen molar-refractivity contribution in [3.05, 3.63) is 24.0 Å². The van der Waals surface area contributed by atoms with Crippen LogP contribution in [0.5, 0.6) is 0 Å². The van der Waals surface area contributed by atoms with Crippen LogP contribution >= 0.6 is 0 Å². The van der Waals surface area contributed by atoms with Gasteiger partial charge in [0.25, 0.3) is 0 Å². The van der Waals surface area contributed by atoms with E-state index in [2.05, 4.69) is 9.72 Å². The molecule has 2 rings (SSSR count). The highest BCUT2D eigenvalue weighted by Crippen LogP contribution is 2.25. The summed E-state index contributed by atoms with van der Waals surface area (Å²) in [6.45, 7) is 0.175. The zero-order chi connectivity index (χ0) is 12.4. The third kappa shape index (κ3) is 2.12. The summed E-state index contributed by atoms with van der Waals surface area (Å²) in [4.78, 5) is 28.4. The number of aliphatic hydroxyl groups excluding tert-OH is 1. The lowest BCUT2D eigenvalue weighted by Gasteiger charge is -2.17. The Bertz CT molecular complexity index is 461. The van der Waals surface area contributed by atoms with Crippen molar-refractivity contribution < 1.29 is 19.4 Å². The second-order valence-electron chi connectivity index (χ2n) is 3.75. The van der Waals surface area contributed by atoms with Crippen LogP contribution in [0.2, 0.25) is 0 Å². The van der Waals surface area contributed by atoms with Gasteiger partial charge >= 0.3 is 5.97 Å². The first-order valence-corrected chi connectivity index (χ1v) is 5.14. The lowest BCUT2D eigenvalue weighted by Crippen LogP contribution is -2.27. The van der Waals surface area contributed by atoms with Crippen LogP contribution in [0, 0.1) is 0 Å². The van der Waals surface area contributed by atoms with E-state index in [0.29, 0.717) is 5.69 Å². The summed E-state index contributed by atoms with van der Waals surface area (Å²) in [5, 5.41) is 9.42. The molecule has 0 aromatic carbocycles. The number of hydrogen-bond acceptors (Lipinski definition) is 5. The maximum Gasteiger partial charge on any atom is 0.340 e. The van der Waals surface area contributed by atoms with Crippen LogP contribution in [0.15, 0.2) is 18.5 Å². The number of pyridine rings is 1. The first-order chi connectivity index (χ1) is 8.13. The molecule has 1 saturated heterocycles. The monoisotopic (exact) mass is 236 g/mol. The number of carbonyl (C=O) groups is 2. The molecule has 1 atom stereocenters. The van der Waals surface area contributed by atoms with Crippen molar-refractivity contribution in [2.75, 3.05) is 18.6 Å². The minimum Gasteiger partial charge on any atom is -0.465 e. The van der Waals surface area contributed by atoms with E-state index in [4.69, 9.17) is 0 Å². The van der Waals surface area contributed by atoms with Gasteiger partial charge in [0.15, 0.2) is 0 Å². The van der Waals surface area contributed by atoms with Crippen molar-refractivity contribution in [3.8, 4) is 0 Å². The zero-order valence-electron chi connectivity index (χ0n) is 9.29. The summed E-state index contributed by atoms with van der Waals surface area (Å²) in [5.41, 5.74) is 0.644. The average Bonchev–Trinajstić information content (AvgIpc) is 2.67. The largest absolute Gasteiger partial charge is 0.465 e. The second-order valence-corrected chi connectivity index (χ2v) is 3.75. The normalized spacial score (nSPS) is 19.5. The molecule has 90 valence electrons. The van der Waals surface area contributed by atoms with Gasteiger partial charge in [0.2, 0.25) is 5.91 Å². The molecular formula is C11H12N2O4. The van der Waals surface area contributed by atoms with Gasteiger partial charge in [0, 0.05) is 6.20 Å². The number of hydrogen-bond donors (Lipinski definition) is 1. The smallest absolute Gasteiger partial charge is 0.340 e. The number of esters is 1. The Labute approximate surface area is 97.8 Å². The van der Waals surface area contributed by atoms with Crippen LogP contribution in [0.1, 0.15) is 16.8 Å². The number of ether oxygens (including phenoxy) is 1. The molecule has 1 aliphatic rings. The Kier molecular flexibility index (Phi) is 3.06. The molecule has 6 heteroatoms. The predicted octanol–water partition coefficient (Wildman–Crippen LogP) is -0.0342. The third-order valence-electron chi connectivity index (χ3n) is 2.60. The van der Waals surface area contributed by atoms with E-state index in [0.717, 1.165) is 0 Å². The Balaban J connectivity index is 2.38. The molecule has 1 aromatic rings. The highest BCUT2D eigenvalue weighted by molar-refractivity contribution is 6.03. The highest BCUT2D eigenvalue weighted by atomic mass is 16.5. The van der Waals surface area contributed by atoms with Gasteiger partial charge in [0.1, 0.15) is 0 Å². The van der Waals surface area contributed by atoms with Crippen molar-refractivity contribution in [2.45, 2.75) is 12.5 Å². The van der Waals surface area contributed by atoms with E-state index in [9.17, 15) is 14.7 Å². The van der Waals surface area contributed by atoms with Crippen LogP contribution in [0.4, 0.5) is 5.69 Å². The number of rotatable bonds is 2. The van der Waals surface area contributed by atoms with Gasteiger partial charge in [0.05, 0.1) is 43.6 Å². The predicted molar refractivity (Wildman–Crippen MR) is 58.6 cm³/mol. The quantitative estimate of drug-likeness (QED) is 0.729. The van der Waals surface area contributed by atoms with Crippen molar-refractivity contribution in [3.63, 3.8) is 0 Å². The molecule has 1 N–H and O–H groups in total. The fraction of sp³-hybridized carbons (Fsp3) is 0.364. The number of aromatic nitrogens is 1. The summed E-state index contributed by atoms with van der Waals surface area (Å²) in [5.74, 6) is -0.757. The topological polar surface area (TPSA) is 79.7 Å². The van der Waals surface area contributed by atoms with Crippen LogP contribution < -0.4 is 4.90 Å². The maximum atomic E-state index is 11.6. The number of aliphatic hydroxyl groups is 1. The summed E-state index contributed by atoms with van der Waals surface area (Å²) in [6.07, 6.45) is 2.23. The zero-order valence-corrected chi connectivity index (χ0v) is 9.29. The van der Waals surface area contributed by atoms with E-state index in [-0.39, 0.29) is 24.4 Å². The van der Waals surface area contributed by atoms with Crippen molar-refractivity contribution in [1.29, 1.82) is 0 Å². The first-order valence-electron chi connectivity index (χ1n) is 5.14. The van der Waals surface area contributed by atoms with Crippen molar-refractivity contribution >= 4 is 17.6 Å². The van der Waals surface area contributed by atoms with Crippen LogP contribution in [0.3, 0.4) is 0 Å². The summed E-state index contributed by atoms with van der Waals surface area (Å²) >= 11 is 0. The van der Waals surface area contributed by atoms with E-state index >= 15 is 0 Å². The van der Waals surface area contributed by atoms with Crippen molar-refractivity contribution in [1.82, 2.24) is 4.98 Å². The van der Waals surface area contributed by atoms with Gasteiger partial charge < -0.3 is 14.7 Å².